The summed E-state index contributed by atoms with van der Waals surface area (Å²) in [4.78, 5) is 9.85. The van der Waals surface area contributed by atoms with Crippen molar-refractivity contribution in [3.8, 4) is 18.1 Å². The van der Waals surface area contributed by atoms with Crippen LogP contribution in [0.5, 0.6) is 5.75 Å². The summed E-state index contributed by atoms with van der Waals surface area (Å²) in [6.45, 7) is 9.61. The zero-order valence-electron chi connectivity index (χ0n) is 16.0. The second-order valence-electron chi connectivity index (χ2n) is 6.64. The highest BCUT2D eigenvalue weighted by molar-refractivity contribution is 7.80. The average molecular weight is 416 g/mol. The Labute approximate surface area is 175 Å². The second kappa shape index (κ2) is 9.54. The van der Waals surface area contributed by atoms with Crippen molar-refractivity contribution in [2.45, 2.75) is 32.4 Å². The van der Waals surface area contributed by atoms with Gasteiger partial charge in [0, 0.05) is 23.2 Å². The number of aromatic nitrogens is 1. The summed E-state index contributed by atoms with van der Waals surface area (Å²) in [5.74, 6) is 3.14. The van der Waals surface area contributed by atoms with Gasteiger partial charge in [-0.2, -0.15) is 0 Å². The van der Waals surface area contributed by atoms with Gasteiger partial charge in [0.25, 0.3) is 0 Å². The average Bonchev–Trinajstić information content (AvgIpc) is 2.64. The topological polar surface area (TPSA) is 55.7 Å². The molecule has 2 rings (SSSR count). The van der Waals surface area contributed by atoms with Gasteiger partial charge in [-0.05, 0) is 32.9 Å². The lowest BCUT2D eigenvalue weighted by atomic mass is 10.1. The fraction of sp³-hybridized carbons (Fsp3) is 0.286. The van der Waals surface area contributed by atoms with Crippen LogP contribution in [0.25, 0.3) is 10.9 Å². The first kappa shape index (κ1) is 21.7. The van der Waals surface area contributed by atoms with Crippen LogP contribution in [0.3, 0.4) is 0 Å². The van der Waals surface area contributed by atoms with Gasteiger partial charge in [-0.15, -0.1) is 6.42 Å². The molecule has 2 aromatic rings. The van der Waals surface area contributed by atoms with E-state index in [2.05, 4.69) is 28.0 Å². The number of terminal acetylenes is 1. The largest absolute Gasteiger partial charge is 0.484 e. The van der Waals surface area contributed by atoms with E-state index in [0.29, 0.717) is 33.4 Å². The molecule has 0 bridgehead atoms. The van der Waals surface area contributed by atoms with Crippen molar-refractivity contribution >= 4 is 45.9 Å². The van der Waals surface area contributed by atoms with Crippen molar-refractivity contribution in [3.63, 3.8) is 0 Å². The highest BCUT2D eigenvalue weighted by atomic mass is 35.5. The highest BCUT2D eigenvalue weighted by Gasteiger charge is 2.21. The maximum absolute atomic E-state index is 6.33. The molecular weight excluding hydrogens is 394 g/mol. The molecule has 0 aliphatic heterocycles. The van der Waals surface area contributed by atoms with Crippen LogP contribution in [-0.4, -0.2) is 34.4 Å². The fourth-order valence-corrected chi connectivity index (χ4v) is 2.88. The molecule has 0 fully saturated rings. The van der Waals surface area contributed by atoms with Crippen LogP contribution >= 0.6 is 23.8 Å². The first-order valence-electron chi connectivity index (χ1n) is 8.57. The number of nitrogens with zero attached hydrogens (tertiary/aromatic N) is 2. The third-order valence-electron chi connectivity index (χ3n) is 3.65. The lowest BCUT2D eigenvalue weighted by molar-refractivity contribution is 0.174. The van der Waals surface area contributed by atoms with Crippen molar-refractivity contribution in [1.82, 2.24) is 10.3 Å². The Bertz CT molecular complexity index is 951. The molecule has 1 heterocycles. The minimum atomic E-state index is -0.511. The van der Waals surface area contributed by atoms with E-state index in [1.807, 2.05) is 32.9 Å². The van der Waals surface area contributed by atoms with Crippen molar-refractivity contribution in [2.75, 3.05) is 6.61 Å². The number of nitrogens with one attached hydrogen (secondary N) is 1. The summed E-state index contributed by atoms with van der Waals surface area (Å²) in [6, 6.07) is 5.39. The Hall–Kier alpha value is -2.62. The van der Waals surface area contributed by atoms with Crippen molar-refractivity contribution < 1.29 is 9.57 Å². The van der Waals surface area contributed by atoms with Gasteiger partial charge >= 0.3 is 0 Å². The van der Waals surface area contributed by atoms with Crippen LogP contribution in [0, 0.1) is 12.3 Å². The second-order valence-corrected chi connectivity index (χ2v) is 7.48. The first-order valence-corrected chi connectivity index (χ1v) is 9.36. The molecule has 1 atom stereocenters. The molecule has 28 heavy (non-hydrogen) atoms. The number of thiocarbonyl (C=S) groups is 1. The standard InChI is InChI=1S/C21H22ClN3O2S/c1-6-8-26-24-13-21(4,5)25-20(28)14(3)27-17-10-16-9-15(7-2)12-23-19(16)18(22)11-17/h2,6,9-14H,1,8H2,3-5H3,(H,25,28). The Morgan fingerprint density at radius 1 is 1.50 bits per heavy atom. The van der Waals surface area contributed by atoms with E-state index in [4.69, 9.17) is 39.8 Å². The Balaban J connectivity index is 2.10. The van der Waals surface area contributed by atoms with Crippen LogP contribution in [0.4, 0.5) is 0 Å². The summed E-state index contributed by atoms with van der Waals surface area (Å²) >= 11 is 11.8. The molecule has 0 radical (unpaired) electrons. The van der Waals surface area contributed by atoms with Crippen LogP contribution < -0.4 is 10.1 Å². The van der Waals surface area contributed by atoms with Gasteiger partial charge in [0.05, 0.1) is 22.3 Å². The van der Waals surface area contributed by atoms with Gasteiger partial charge in [0.15, 0.2) is 0 Å². The number of ether oxygens (including phenoxy) is 1. The number of benzene rings is 1. The van der Waals surface area contributed by atoms with Gasteiger partial charge in [-0.25, -0.2) is 0 Å². The summed E-state index contributed by atoms with van der Waals surface area (Å²) in [7, 11) is 0. The molecule has 7 heteroatoms. The molecule has 0 aliphatic carbocycles. The van der Waals surface area contributed by atoms with E-state index in [1.54, 1.807) is 24.6 Å². The van der Waals surface area contributed by atoms with E-state index in [-0.39, 0.29) is 0 Å². The summed E-state index contributed by atoms with van der Waals surface area (Å²) < 4.78 is 5.97. The summed E-state index contributed by atoms with van der Waals surface area (Å²) in [5.41, 5.74) is 0.826. The van der Waals surface area contributed by atoms with Crippen molar-refractivity contribution in [3.05, 3.63) is 47.6 Å². The number of fused-ring (bicyclic) bond motifs is 1. The van der Waals surface area contributed by atoms with E-state index < -0.39 is 11.6 Å². The van der Waals surface area contributed by atoms with Crippen molar-refractivity contribution in [2.24, 2.45) is 5.16 Å². The maximum atomic E-state index is 6.33. The Morgan fingerprint density at radius 3 is 2.93 bits per heavy atom. The number of rotatable bonds is 8. The predicted octanol–water partition coefficient (Wildman–Crippen LogP) is 4.52. The zero-order valence-corrected chi connectivity index (χ0v) is 17.6. The van der Waals surface area contributed by atoms with E-state index in [0.717, 1.165) is 5.39 Å². The molecule has 0 saturated carbocycles. The number of oxime groups is 1. The Kier molecular flexibility index (Phi) is 7.38. The number of hydrogen-bond donors (Lipinski definition) is 1. The zero-order chi connectivity index (χ0) is 20.7. The molecule has 0 saturated heterocycles. The van der Waals surface area contributed by atoms with E-state index in [9.17, 15) is 0 Å². The number of hydrogen-bond acceptors (Lipinski definition) is 5. The molecule has 1 aromatic carbocycles. The normalized spacial score (nSPS) is 12.4. The SMILES string of the molecule is C#Cc1cnc2c(Cl)cc(OC(C)C(=S)NC(C)(C)C=NOCC=C)cc2c1. The lowest BCUT2D eigenvalue weighted by Crippen LogP contribution is -2.48. The molecule has 1 N–H and O–H groups in total. The van der Waals surface area contributed by atoms with Crippen LogP contribution in [0.15, 0.2) is 42.2 Å². The molecule has 1 unspecified atom stereocenters. The third-order valence-corrected chi connectivity index (χ3v) is 4.37. The lowest BCUT2D eigenvalue weighted by Gasteiger charge is -2.26. The molecule has 1 aromatic heterocycles. The van der Waals surface area contributed by atoms with Crippen LogP contribution in [-0.2, 0) is 4.84 Å². The van der Waals surface area contributed by atoms with Gasteiger partial charge in [-0.1, -0.05) is 47.5 Å². The van der Waals surface area contributed by atoms with Gasteiger partial charge in [0.1, 0.15) is 23.4 Å². The quantitative estimate of drug-likeness (QED) is 0.171. The Morgan fingerprint density at radius 2 is 2.25 bits per heavy atom. The molecule has 0 aliphatic rings. The number of halogens is 1. The van der Waals surface area contributed by atoms with Gasteiger partial charge < -0.3 is 14.9 Å². The third kappa shape index (κ3) is 5.95. The van der Waals surface area contributed by atoms with E-state index in [1.165, 1.54) is 0 Å². The fourth-order valence-electron chi connectivity index (χ4n) is 2.30. The highest BCUT2D eigenvalue weighted by Crippen LogP contribution is 2.29. The van der Waals surface area contributed by atoms with Gasteiger partial charge in [0.2, 0.25) is 0 Å². The van der Waals surface area contributed by atoms with Crippen molar-refractivity contribution in [1.29, 1.82) is 0 Å². The van der Waals surface area contributed by atoms with Crippen LogP contribution in [0.1, 0.15) is 26.3 Å². The van der Waals surface area contributed by atoms with Crippen LogP contribution in [0.2, 0.25) is 5.02 Å². The monoisotopic (exact) mass is 415 g/mol. The summed E-state index contributed by atoms with van der Waals surface area (Å²) in [5, 5.41) is 8.38. The minimum absolute atomic E-state index is 0.343. The minimum Gasteiger partial charge on any atom is -0.484 e. The number of pyridine rings is 1. The molecule has 0 amide bonds. The molecular formula is C21H22ClN3O2S. The predicted molar refractivity (Wildman–Crippen MR) is 119 cm³/mol. The smallest absolute Gasteiger partial charge is 0.146 e. The molecule has 146 valence electrons. The molecule has 5 nitrogen and oxygen atoms in total. The maximum Gasteiger partial charge on any atom is 0.146 e. The van der Waals surface area contributed by atoms with Gasteiger partial charge in [-0.3, -0.25) is 4.98 Å². The molecule has 0 spiro atoms. The van der Waals surface area contributed by atoms with E-state index >= 15 is 0 Å². The first-order chi connectivity index (χ1) is 13.3. The summed E-state index contributed by atoms with van der Waals surface area (Å²) in [6.07, 6.45) is 9.91.